The molecule has 5 nitrogen and oxygen atoms in total. The Morgan fingerprint density at radius 3 is 2.25 bits per heavy atom. The molecule has 5 aromatic rings. The van der Waals surface area contributed by atoms with Crippen molar-refractivity contribution in [2.24, 2.45) is 0 Å². The lowest BCUT2D eigenvalue weighted by Gasteiger charge is -2.17. The van der Waals surface area contributed by atoms with Gasteiger partial charge in [-0.3, -0.25) is 0 Å². The van der Waals surface area contributed by atoms with E-state index in [2.05, 4.69) is 29.0 Å². The van der Waals surface area contributed by atoms with Crippen LogP contribution >= 0.6 is 11.6 Å². The summed E-state index contributed by atoms with van der Waals surface area (Å²) in [7, 11) is 0. The van der Waals surface area contributed by atoms with Gasteiger partial charge in [0.25, 0.3) is 0 Å². The van der Waals surface area contributed by atoms with Crippen molar-refractivity contribution in [2.45, 2.75) is 32.3 Å². The quantitative estimate of drug-likeness (QED) is 0.215. The molecule has 0 saturated carbocycles. The number of rotatable bonds is 3. The van der Waals surface area contributed by atoms with Gasteiger partial charge < -0.3 is 10.1 Å². The third kappa shape index (κ3) is 3.84. The van der Waals surface area contributed by atoms with Crippen LogP contribution in [0.4, 0.5) is 0 Å². The van der Waals surface area contributed by atoms with Crippen molar-refractivity contribution >= 4 is 44.2 Å². The molecule has 1 aromatic heterocycles. The first-order valence-electron chi connectivity index (χ1n) is 11.6. The number of H-pyrrole nitrogens is 1. The largest absolute Gasteiger partial charge is 0.378 e. The molecule has 0 fully saturated rings. The number of aromatic nitrogens is 2. The minimum absolute atomic E-state index is 0.377. The van der Waals surface area contributed by atoms with E-state index in [0.717, 1.165) is 38.1 Å². The highest BCUT2D eigenvalue weighted by atomic mass is 35.5. The van der Waals surface area contributed by atoms with Crippen LogP contribution in [0.15, 0.2) is 54.6 Å². The number of nitriles is 2. The normalized spacial score (nSPS) is 11.3. The van der Waals surface area contributed by atoms with E-state index in [1.807, 2.05) is 50.2 Å². The van der Waals surface area contributed by atoms with Gasteiger partial charge in [-0.1, -0.05) is 55.5 Å². The van der Waals surface area contributed by atoms with Crippen LogP contribution in [0.2, 0.25) is 5.02 Å². The highest BCUT2D eigenvalue weighted by molar-refractivity contribution is 6.33. The highest BCUT2D eigenvalue weighted by Crippen LogP contribution is 2.38. The molecule has 0 unspecified atom stereocenters. The van der Waals surface area contributed by atoms with Gasteiger partial charge in [-0.2, -0.15) is 10.5 Å². The lowest BCUT2D eigenvalue weighted by molar-refractivity contribution is 0.0931. The molecule has 174 valence electrons. The zero-order chi connectivity index (χ0) is 25.4. The van der Waals surface area contributed by atoms with E-state index in [1.54, 1.807) is 18.2 Å². The van der Waals surface area contributed by atoms with E-state index in [4.69, 9.17) is 16.6 Å². The van der Waals surface area contributed by atoms with E-state index >= 15 is 0 Å². The molecule has 0 amide bonds. The fourth-order valence-corrected chi connectivity index (χ4v) is 4.67. The van der Waals surface area contributed by atoms with Gasteiger partial charge in [-0.05, 0) is 60.0 Å². The van der Waals surface area contributed by atoms with Gasteiger partial charge >= 0.3 is 0 Å². The first kappa shape index (κ1) is 23.4. The summed E-state index contributed by atoms with van der Waals surface area (Å²) < 4.78 is 0. The van der Waals surface area contributed by atoms with E-state index in [9.17, 15) is 15.6 Å². The maximum Gasteiger partial charge on any atom is 0.141 e. The van der Waals surface area contributed by atoms with Gasteiger partial charge in [0.2, 0.25) is 0 Å². The van der Waals surface area contributed by atoms with Crippen molar-refractivity contribution in [3.63, 3.8) is 0 Å². The van der Waals surface area contributed by atoms with Gasteiger partial charge in [0.1, 0.15) is 11.4 Å². The summed E-state index contributed by atoms with van der Waals surface area (Å²) in [5.41, 5.74) is 2.52. The lowest BCUT2D eigenvalue weighted by atomic mass is 9.96. The Labute approximate surface area is 213 Å². The zero-order valence-corrected chi connectivity index (χ0v) is 20.5. The van der Waals surface area contributed by atoms with Crippen LogP contribution in [0.1, 0.15) is 43.4 Å². The summed E-state index contributed by atoms with van der Waals surface area (Å²) in [5.74, 6) is 6.62. The summed E-state index contributed by atoms with van der Waals surface area (Å²) in [6, 6.07) is 20.9. The molecule has 6 heteroatoms. The van der Waals surface area contributed by atoms with Crippen molar-refractivity contribution in [3.8, 4) is 35.4 Å². The number of hydrogen-bond acceptors (Lipinski definition) is 4. The van der Waals surface area contributed by atoms with Crippen molar-refractivity contribution < 1.29 is 5.11 Å². The van der Waals surface area contributed by atoms with E-state index in [-0.39, 0.29) is 0 Å². The maximum absolute atomic E-state index is 10.6. The number of benzene rings is 4. The van der Waals surface area contributed by atoms with Gasteiger partial charge in [0, 0.05) is 21.4 Å². The minimum Gasteiger partial charge on any atom is -0.378 e. The second-order valence-electron chi connectivity index (χ2n) is 8.70. The standard InChI is InChI=1S/C30H21ClN4O/c1-3-30(36,4-2)13-12-18-8-10-22-24(14-18)25-15-21(31)9-11-23(25)28-27(22)34-29(35-28)26-19(16-32)6-5-7-20(26)17-33/h5-11,14-15,36H,3-4H2,1-2H3,(H,34,35). The summed E-state index contributed by atoms with van der Waals surface area (Å²) in [5, 5.41) is 34.2. The first-order chi connectivity index (χ1) is 17.4. The lowest BCUT2D eigenvalue weighted by Crippen LogP contribution is -2.23. The Hall–Kier alpha value is -4.34. The zero-order valence-electron chi connectivity index (χ0n) is 19.8. The number of aromatic amines is 1. The topological polar surface area (TPSA) is 96.5 Å². The third-order valence-corrected chi connectivity index (χ3v) is 6.91. The monoisotopic (exact) mass is 488 g/mol. The molecule has 4 aromatic carbocycles. The Bertz CT molecular complexity index is 1790. The highest BCUT2D eigenvalue weighted by Gasteiger charge is 2.20. The van der Waals surface area contributed by atoms with Crippen LogP contribution in [0.25, 0.3) is 44.0 Å². The molecule has 0 saturated heterocycles. The van der Waals surface area contributed by atoms with Crippen LogP contribution in [-0.4, -0.2) is 20.7 Å². The SMILES string of the molecule is CCC(O)(C#Cc1ccc2c(c1)c1cc(Cl)ccc1c1nc(-c3c(C#N)cccc3C#N)[nH]c21)CC. The number of nitrogens with one attached hydrogen (secondary N) is 1. The number of aliphatic hydroxyl groups is 1. The number of halogens is 1. The van der Waals surface area contributed by atoms with Crippen molar-refractivity contribution in [1.82, 2.24) is 9.97 Å². The first-order valence-corrected chi connectivity index (χ1v) is 12.0. The molecule has 36 heavy (non-hydrogen) atoms. The molecular weight excluding hydrogens is 468 g/mol. The summed E-state index contributed by atoms with van der Waals surface area (Å²) in [6.07, 6.45) is 1.10. The van der Waals surface area contributed by atoms with Gasteiger partial charge in [0.15, 0.2) is 0 Å². The summed E-state index contributed by atoms with van der Waals surface area (Å²) in [6.45, 7) is 3.84. The molecule has 1 heterocycles. The Balaban J connectivity index is 1.83. The van der Waals surface area contributed by atoms with Gasteiger partial charge in [-0.15, -0.1) is 0 Å². The molecular formula is C30H21ClN4O. The molecule has 0 atom stereocenters. The van der Waals surface area contributed by atoms with Crippen LogP contribution in [0.3, 0.4) is 0 Å². The van der Waals surface area contributed by atoms with Gasteiger partial charge in [-0.25, -0.2) is 4.98 Å². The summed E-state index contributed by atoms with van der Waals surface area (Å²) in [4.78, 5) is 8.24. The second-order valence-corrected chi connectivity index (χ2v) is 9.14. The third-order valence-electron chi connectivity index (χ3n) is 6.67. The summed E-state index contributed by atoms with van der Waals surface area (Å²) >= 11 is 6.39. The number of imidazole rings is 1. The number of nitrogens with zero attached hydrogens (tertiary/aromatic N) is 3. The fourth-order valence-electron chi connectivity index (χ4n) is 4.50. The fraction of sp³-hybridized carbons (Fsp3) is 0.167. The van der Waals surface area contributed by atoms with Crippen LogP contribution in [0.5, 0.6) is 0 Å². The average molecular weight is 489 g/mol. The van der Waals surface area contributed by atoms with Crippen molar-refractivity contribution in [3.05, 3.63) is 76.3 Å². The van der Waals surface area contributed by atoms with Crippen molar-refractivity contribution in [2.75, 3.05) is 0 Å². The number of fused-ring (bicyclic) bond motifs is 6. The average Bonchev–Trinajstić information content (AvgIpc) is 3.36. The molecule has 2 N–H and O–H groups in total. The van der Waals surface area contributed by atoms with Crippen LogP contribution in [-0.2, 0) is 0 Å². The molecule has 0 spiro atoms. The van der Waals surface area contributed by atoms with E-state index in [1.165, 1.54) is 0 Å². The Morgan fingerprint density at radius 2 is 1.58 bits per heavy atom. The molecule has 5 rings (SSSR count). The van der Waals surface area contributed by atoms with Crippen LogP contribution < -0.4 is 0 Å². The molecule has 0 radical (unpaired) electrons. The smallest absolute Gasteiger partial charge is 0.141 e. The molecule has 0 aliphatic rings. The molecule has 0 aliphatic carbocycles. The minimum atomic E-state index is -1.02. The number of hydrogen-bond donors (Lipinski definition) is 2. The van der Waals surface area contributed by atoms with Gasteiger partial charge in [0.05, 0.1) is 39.9 Å². The Kier molecular flexibility index (Phi) is 5.87. The van der Waals surface area contributed by atoms with E-state index in [0.29, 0.717) is 40.4 Å². The van der Waals surface area contributed by atoms with Crippen LogP contribution in [0, 0.1) is 34.5 Å². The maximum atomic E-state index is 10.6. The predicted octanol–water partition coefficient (Wildman–Crippen LogP) is 6.84. The second kappa shape index (κ2) is 9.03. The van der Waals surface area contributed by atoms with Crippen molar-refractivity contribution in [1.29, 1.82) is 10.5 Å². The molecule has 0 bridgehead atoms. The predicted molar refractivity (Wildman–Crippen MR) is 143 cm³/mol. The Morgan fingerprint density at radius 1 is 0.917 bits per heavy atom. The van der Waals surface area contributed by atoms with E-state index < -0.39 is 5.60 Å². The molecule has 0 aliphatic heterocycles.